The molecule has 1 rings (SSSR count). The molecule has 1 atom stereocenters. The molecule has 0 spiro atoms. The minimum absolute atomic E-state index is 0. The molecule has 0 amide bonds. The van der Waals surface area contributed by atoms with Gasteiger partial charge >= 0.3 is 5.69 Å². The van der Waals surface area contributed by atoms with E-state index in [0.29, 0.717) is 12.0 Å². The third kappa shape index (κ3) is 3.14. The molecule has 0 bridgehead atoms. The summed E-state index contributed by atoms with van der Waals surface area (Å²) >= 11 is 0. The van der Waals surface area contributed by atoms with Gasteiger partial charge in [0.15, 0.2) is 0 Å². The van der Waals surface area contributed by atoms with Crippen LogP contribution in [0.25, 0.3) is 0 Å². The fraction of sp³-hybridized carbons (Fsp3) is 0.333. The van der Waals surface area contributed by atoms with Crippen LogP contribution in [0.5, 0.6) is 0 Å². The molecular weight excluding hydrogens is 223 g/mol. The predicted molar refractivity (Wildman–Crippen MR) is 57.5 cm³/mol. The van der Waals surface area contributed by atoms with Gasteiger partial charge in [-0.15, -0.1) is 12.4 Å². The third-order valence-electron chi connectivity index (χ3n) is 2.03. The highest BCUT2D eigenvalue weighted by atomic mass is 35.5. The van der Waals surface area contributed by atoms with Gasteiger partial charge in [-0.05, 0) is 18.1 Å². The summed E-state index contributed by atoms with van der Waals surface area (Å²) < 4.78 is 12.9. The van der Waals surface area contributed by atoms with Crippen molar-refractivity contribution in [1.29, 1.82) is 0 Å². The molecule has 0 fully saturated rings. The van der Waals surface area contributed by atoms with Gasteiger partial charge in [-0.2, -0.15) is 4.39 Å². The van der Waals surface area contributed by atoms with E-state index in [1.807, 2.05) is 6.92 Å². The zero-order valence-electron chi connectivity index (χ0n) is 8.14. The Balaban J connectivity index is 0.00000196. The van der Waals surface area contributed by atoms with Crippen LogP contribution in [0.2, 0.25) is 0 Å². The number of hydrogen-bond donors (Lipinski definition) is 1. The Morgan fingerprint density at radius 1 is 1.60 bits per heavy atom. The monoisotopic (exact) mass is 234 g/mol. The molecule has 84 valence electrons. The van der Waals surface area contributed by atoms with Crippen molar-refractivity contribution in [3.8, 4) is 0 Å². The Morgan fingerprint density at radius 3 is 2.67 bits per heavy atom. The van der Waals surface area contributed by atoms with Gasteiger partial charge in [0.25, 0.3) is 0 Å². The number of benzene rings is 1. The summed E-state index contributed by atoms with van der Waals surface area (Å²) in [7, 11) is 0. The molecule has 0 aromatic heterocycles. The van der Waals surface area contributed by atoms with Crippen molar-refractivity contribution >= 4 is 18.1 Å². The lowest BCUT2D eigenvalue weighted by Crippen LogP contribution is -2.09. The Kier molecular flexibility index (Phi) is 5.18. The highest BCUT2D eigenvalue weighted by Crippen LogP contribution is 2.22. The van der Waals surface area contributed by atoms with Crippen molar-refractivity contribution in [3.63, 3.8) is 0 Å². The van der Waals surface area contributed by atoms with E-state index in [-0.39, 0.29) is 18.4 Å². The van der Waals surface area contributed by atoms with Crippen LogP contribution in [0.3, 0.4) is 0 Å². The van der Waals surface area contributed by atoms with E-state index >= 15 is 0 Å². The minimum Gasteiger partial charge on any atom is -0.324 e. The van der Waals surface area contributed by atoms with E-state index in [9.17, 15) is 14.5 Å². The van der Waals surface area contributed by atoms with E-state index in [4.69, 9.17) is 5.73 Å². The van der Waals surface area contributed by atoms with Crippen molar-refractivity contribution in [3.05, 3.63) is 39.7 Å². The first-order valence-electron chi connectivity index (χ1n) is 4.25. The Labute approximate surface area is 92.8 Å². The molecular formula is C9H12ClFN2O2. The second-order valence-electron chi connectivity index (χ2n) is 2.98. The molecule has 2 N–H and O–H groups in total. The van der Waals surface area contributed by atoms with Crippen molar-refractivity contribution < 1.29 is 9.31 Å². The van der Waals surface area contributed by atoms with Crippen LogP contribution in [0, 0.1) is 15.9 Å². The predicted octanol–water partition coefficient (Wildman–Crippen LogP) is 2.57. The fourth-order valence-electron chi connectivity index (χ4n) is 1.14. The summed E-state index contributed by atoms with van der Waals surface area (Å²) in [6.45, 7) is 1.86. The smallest absolute Gasteiger partial charge is 0.305 e. The fourth-order valence-corrected chi connectivity index (χ4v) is 1.14. The van der Waals surface area contributed by atoms with Gasteiger partial charge in [-0.1, -0.05) is 13.0 Å². The maximum Gasteiger partial charge on any atom is 0.305 e. The van der Waals surface area contributed by atoms with Crippen molar-refractivity contribution in [2.75, 3.05) is 0 Å². The molecule has 0 aliphatic heterocycles. The third-order valence-corrected chi connectivity index (χ3v) is 2.03. The molecule has 4 nitrogen and oxygen atoms in total. The average molecular weight is 235 g/mol. The number of halogens is 2. The first-order valence-corrected chi connectivity index (χ1v) is 4.25. The lowest BCUT2D eigenvalue weighted by Gasteiger charge is -2.08. The standard InChI is InChI=1S/C9H11FN2O2.ClH/c1-2-8(11)6-3-4-7(10)9(5-6)12(13)14;/h3-5,8H,2,11H2,1H3;1H/t8-;/m0./s1. The molecule has 1 aromatic rings. The van der Waals surface area contributed by atoms with Crippen molar-refractivity contribution in [1.82, 2.24) is 0 Å². The summed E-state index contributed by atoms with van der Waals surface area (Å²) in [5.74, 6) is -0.831. The summed E-state index contributed by atoms with van der Waals surface area (Å²) in [5.41, 5.74) is 5.73. The van der Waals surface area contributed by atoms with Gasteiger partial charge in [-0.3, -0.25) is 10.1 Å². The Bertz CT molecular complexity index is 360. The Morgan fingerprint density at radius 2 is 2.20 bits per heavy atom. The van der Waals surface area contributed by atoms with Crippen LogP contribution in [-0.2, 0) is 0 Å². The quantitative estimate of drug-likeness (QED) is 0.646. The minimum atomic E-state index is -0.831. The van der Waals surface area contributed by atoms with E-state index in [0.717, 1.165) is 6.07 Å². The normalized spacial score (nSPS) is 11.7. The molecule has 1 aromatic carbocycles. The number of rotatable bonds is 3. The van der Waals surface area contributed by atoms with E-state index in [2.05, 4.69) is 0 Å². The SMILES string of the molecule is CC[C@H](N)c1ccc(F)c([N+](=O)[O-])c1.Cl. The molecule has 0 unspecified atom stereocenters. The topological polar surface area (TPSA) is 69.2 Å². The first-order chi connectivity index (χ1) is 6.56. The summed E-state index contributed by atoms with van der Waals surface area (Å²) in [4.78, 5) is 9.66. The van der Waals surface area contributed by atoms with Crippen LogP contribution in [-0.4, -0.2) is 4.92 Å². The van der Waals surface area contributed by atoms with E-state index in [1.165, 1.54) is 12.1 Å². The van der Waals surface area contributed by atoms with Crippen molar-refractivity contribution in [2.24, 2.45) is 5.73 Å². The van der Waals surface area contributed by atoms with Crippen LogP contribution in [0.1, 0.15) is 24.9 Å². The molecule has 0 aliphatic carbocycles. The number of nitro benzene ring substituents is 1. The largest absolute Gasteiger partial charge is 0.324 e. The van der Waals surface area contributed by atoms with Gasteiger partial charge in [0, 0.05) is 12.1 Å². The highest BCUT2D eigenvalue weighted by molar-refractivity contribution is 5.85. The lowest BCUT2D eigenvalue weighted by molar-refractivity contribution is -0.387. The van der Waals surface area contributed by atoms with Gasteiger partial charge in [0.2, 0.25) is 5.82 Å². The average Bonchev–Trinajstić information content (AvgIpc) is 2.17. The highest BCUT2D eigenvalue weighted by Gasteiger charge is 2.16. The molecule has 0 saturated carbocycles. The molecule has 6 heteroatoms. The van der Waals surface area contributed by atoms with Crippen LogP contribution >= 0.6 is 12.4 Å². The number of nitrogens with zero attached hydrogens (tertiary/aromatic N) is 1. The molecule has 0 aliphatic rings. The van der Waals surface area contributed by atoms with Gasteiger partial charge < -0.3 is 5.73 Å². The molecule has 0 saturated heterocycles. The number of nitrogens with two attached hydrogens (primary N) is 1. The number of hydrogen-bond acceptors (Lipinski definition) is 3. The van der Waals surface area contributed by atoms with Crippen LogP contribution < -0.4 is 5.73 Å². The zero-order chi connectivity index (χ0) is 10.7. The first kappa shape index (κ1) is 13.8. The maximum atomic E-state index is 12.9. The van der Waals surface area contributed by atoms with Crippen LogP contribution in [0.15, 0.2) is 18.2 Å². The number of nitro groups is 1. The van der Waals surface area contributed by atoms with Gasteiger partial charge in [0.05, 0.1) is 4.92 Å². The Hall–Kier alpha value is -1.20. The summed E-state index contributed by atoms with van der Waals surface area (Å²) in [5, 5.41) is 10.4. The molecule has 15 heavy (non-hydrogen) atoms. The zero-order valence-corrected chi connectivity index (χ0v) is 8.96. The van der Waals surface area contributed by atoms with Crippen LogP contribution in [0.4, 0.5) is 10.1 Å². The lowest BCUT2D eigenvalue weighted by atomic mass is 10.0. The molecule has 0 heterocycles. The van der Waals surface area contributed by atoms with E-state index < -0.39 is 16.4 Å². The van der Waals surface area contributed by atoms with E-state index in [1.54, 1.807) is 0 Å². The second-order valence-corrected chi connectivity index (χ2v) is 2.98. The summed E-state index contributed by atoms with van der Waals surface area (Å²) in [6, 6.07) is 3.44. The van der Waals surface area contributed by atoms with Gasteiger partial charge in [-0.25, -0.2) is 0 Å². The second kappa shape index (κ2) is 5.63. The molecule has 0 radical (unpaired) electrons. The summed E-state index contributed by atoms with van der Waals surface area (Å²) in [6.07, 6.45) is 0.656. The van der Waals surface area contributed by atoms with Crippen molar-refractivity contribution in [2.45, 2.75) is 19.4 Å². The van der Waals surface area contributed by atoms with Gasteiger partial charge in [0.1, 0.15) is 0 Å². The maximum absolute atomic E-state index is 12.9.